The number of carboxylic acids is 1. The molecule has 104 valence electrons. The van der Waals surface area contributed by atoms with Crippen LogP contribution in [0.25, 0.3) is 0 Å². The molecule has 0 amide bonds. The highest BCUT2D eigenvalue weighted by Gasteiger charge is 2.23. The summed E-state index contributed by atoms with van der Waals surface area (Å²) in [4.78, 5) is 11.0. The lowest BCUT2D eigenvalue weighted by Crippen LogP contribution is -2.30. The molecule has 0 aliphatic heterocycles. The Morgan fingerprint density at radius 3 is 2.89 bits per heavy atom. The Hall–Kier alpha value is -1.55. The number of carboxylic acid groups (broad SMARTS) is 1. The van der Waals surface area contributed by atoms with Crippen molar-refractivity contribution in [1.29, 1.82) is 0 Å². The monoisotopic (exact) mass is 263 g/mol. The van der Waals surface area contributed by atoms with Gasteiger partial charge < -0.3 is 15.2 Å². The minimum Gasteiger partial charge on any atom is -0.491 e. The van der Waals surface area contributed by atoms with Crippen molar-refractivity contribution in [3.63, 3.8) is 0 Å². The summed E-state index contributed by atoms with van der Waals surface area (Å²) in [7, 11) is 0. The Bertz CT molecular complexity index is 429. The summed E-state index contributed by atoms with van der Waals surface area (Å²) in [6.45, 7) is 3.41. The van der Waals surface area contributed by atoms with Gasteiger partial charge in [0.15, 0.2) is 0 Å². The van der Waals surface area contributed by atoms with Gasteiger partial charge in [-0.05, 0) is 31.4 Å². The van der Waals surface area contributed by atoms with Gasteiger partial charge in [-0.15, -0.1) is 0 Å². The lowest BCUT2D eigenvalue weighted by atomic mass is 10.1. The van der Waals surface area contributed by atoms with Gasteiger partial charge in [0.1, 0.15) is 17.9 Å². The quantitative estimate of drug-likeness (QED) is 0.708. The molecule has 1 unspecified atom stereocenters. The summed E-state index contributed by atoms with van der Waals surface area (Å²) >= 11 is 0. The summed E-state index contributed by atoms with van der Waals surface area (Å²) in [6.07, 6.45) is 3.97. The highest BCUT2D eigenvalue weighted by Crippen LogP contribution is 2.33. The second kappa shape index (κ2) is 6.57. The molecule has 0 spiro atoms. The van der Waals surface area contributed by atoms with E-state index in [0.717, 1.165) is 12.5 Å². The van der Waals surface area contributed by atoms with E-state index in [0.29, 0.717) is 18.4 Å². The molecule has 1 fully saturated rings. The van der Waals surface area contributed by atoms with Gasteiger partial charge in [-0.1, -0.05) is 25.0 Å². The first-order valence-corrected chi connectivity index (χ1v) is 6.85. The van der Waals surface area contributed by atoms with Crippen molar-refractivity contribution >= 4 is 5.97 Å². The average Bonchev–Trinajstić information content (AvgIpc) is 3.19. The maximum Gasteiger partial charge on any atom is 0.339 e. The molecule has 0 heterocycles. The maximum absolute atomic E-state index is 11.0. The molecule has 0 aromatic heterocycles. The molecule has 0 bridgehead atoms. The van der Waals surface area contributed by atoms with E-state index in [-0.39, 0.29) is 5.56 Å². The zero-order valence-electron chi connectivity index (χ0n) is 11.3. The van der Waals surface area contributed by atoms with E-state index in [1.54, 1.807) is 24.3 Å². The van der Waals surface area contributed by atoms with E-state index in [9.17, 15) is 4.79 Å². The van der Waals surface area contributed by atoms with Crippen LogP contribution in [0.5, 0.6) is 5.75 Å². The standard InChI is InChI=1S/C15H21NO3/c1-11(10-12-6-7-12)16-8-9-19-14-5-3-2-4-13(14)15(17)18/h2-5,11-12,16H,6-10H2,1H3,(H,17,18). The van der Waals surface area contributed by atoms with E-state index in [4.69, 9.17) is 9.84 Å². The third-order valence-electron chi connectivity index (χ3n) is 3.35. The third-order valence-corrected chi connectivity index (χ3v) is 3.35. The van der Waals surface area contributed by atoms with Crippen LogP contribution >= 0.6 is 0 Å². The lowest BCUT2D eigenvalue weighted by molar-refractivity contribution is 0.0692. The summed E-state index contributed by atoms with van der Waals surface area (Å²) < 4.78 is 5.53. The molecule has 1 saturated carbocycles. The van der Waals surface area contributed by atoms with Gasteiger partial charge in [-0.2, -0.15) is 0 Å². The number of hydrogen-bond donors (Lipinski definition) is 2. The third kappa shape index (κ3) is 4.56. The Balaban J connectivity index is 1.71. The van der Waals surface area contributed by atoms with Gasteiger partial charge in [-0.25, -0.2) is 4.79 Å². The topological polar surface area (TPSA) is 58.6 Å². The highest BCUT2D eigenvalue weighted by atomic mass is 16.5. The Labute approximate surface area is 113 Å². The molecule has 4 heteroatoms. The Kier molecular flexibility index (Phi) is 4.80. The predicted octanol–water partition coefficient (Wildman–Crippen LogP) is 2.54. The van der Waals surface area contributed by atoms with Crippen LogP contribution in [0, 0.1) is 5.92 Å². The van der Waals surface area contributed by atoms with E-state index in [2.05, 4.69) is 12.2 Å². The van der Waals surface area contributed by atoms with Crippen LogP contribution in [0.4, 0.5) is 0 Å². The van der Waals surface area contributed by atoms with E-state index in [1.807, 2.05) is 0 Å². The van der Waals surface area contributed by atoms with Crippen molar-refractivity contribution < 1.29 is 14.6 Å². The number of benzene rings is 1. The van der Waals surface area contributed by atoms with Crippen LogP contribution < -0.4 is 10.1 Å². The number of nitrogens with one attached hydrogen (secondary N) is 1. The van der Waals surface area contributed by atoms with Crippen molar-refractivity contribution in [3.8, 4) is 5.75 Å². The molecule has 1 aliphatic rings. The Morgan fingerprint density at radius 2 is 2.21 bits per heavy atom. The average molecular weight is 263 g/mol. The molecule has 1 atom stereocenters. The van der Waals surface area contributed by atoms with Crippen LogP contribution in [0.2, 0.25) is 0 Å². The molecule has 0 radical (unpaired) electrons. The molecule has 1 aromatic rings. The van der Waals surface area contributed by atoms with Crippen LogP contribution in [0.15, 0.2) is 24.3 Å². The molecule has 2 N–H and O–H groups in total. The van der Waals surface area contributed by atoms with E-state index < -0.39 is 5.97 Å². The largest absolute Gasteiger partial charge is 0.491 e. The predicted molar refractivity (Wildman–Crippen MR) is 73.7 cm³/mol. The van der Waals surface area contributed by atoms with Gasteiger partial charge in [0.05, 0.1) is 0 Å². The van der Waals surface area contributed by atoms with Crippen molar-refractivity contribution in [2.24, 2.45) is 5.92 Å². The van der Waals surface area contributed by atoms with E-state index >= 15 is 0 Å². The molecule has 19 heavy (non-hydrogen) atoms. The van der Waals surface area contributed by atoms with Crippen LogP contribution in [0.3, 0.4) is 0 Å². The van der Waals surface area contributed by atoms with E-state index in [1.165, 1.54) is 19.3 Å². The summed E-state index contributed by atoms with van der Waals surface area (Å²) in [5.41, 5.74) is 0.216. The summed E-state index contributed by atoms with van der Waals surface area (Å²) in [6, 6.07) is 7.24. The van der Waals surface area contributed by atoms with Crippen molar-refractivity contribution in [2.45, 2.75) is 32.2 Å². The number of rotatable bonds is 8. The fourth-order valence-corrected chi connectivity index (χ4v) is 2.17. The molecule has 1 aromatic carbocycles. The molecule has 2 rings (SSSR count). The Morgan fingerprint density at radius 1 is 1.47 bits per heavy atom. The molecule has 4 nitrogen and oxygen atoms in total. The van der Waals surface area contributed by atoms with Gasteiger partial charge in [-0.3, -0.25) is 0 Å². The van der Waals surface area contributed by atoms with Gasteiger partial charge in [0.2, 0.25) is 0 Å². The lowest BCUT2D eigenvalue weighted by Gasteiger charge is -2.14. The maximum atomic E-state index is 11.0. The summed E-state index contributed by atoms with van der Waals surface area (Å²) in [5, 5.41) is 12.4. The first-order chi connectivity index (χ1) is 9.16. The summed E-state index contributed by atoms with van der Waals surface area (Å²) in [5.74, 6) is 0.397. The van der Waals surface area contributed by atoms with Crippen LogP contribution in [0.1, 0.15) is 36.5 Å². The number of para-hydroxylation sites is 1. The fraction of sp³-hybridized carbons (Fsp3) is 0.533. The second-order valence-electron chi connectivity index (χ2n) is 5.18. The number of carbonyl (C=O) groups is 1. The molecule has 0 saturated heterocycles. The minimum atomic E-state index is -0.953. The minimum absolute atomic E-state index is 0.216. The number of ether oxygens (including phenoxy) is 1. The fourth-order valence-electron chi connectivity index (χ4n) is 2.17. The smallest absolute Gasteiger partial charge is 0.339 e. The van der Waals surface area contributed by atoms with Gasteiger partial charge >= 0.3 is 5.97 Å². The molecule has 1 aliphatic carbocycles. The highest BCUT2D eigenvalue weighted by molar-refractivity contribution is 5.90. The number of hydrogen-bond acceptors (Lipinski definition) is 3. The van der Waals surface area contributed by atoms with Crippen molar-refractivity contribution in [3.05, 3.63) is 29.8 Å². The van der Waals surface area contributed by atoms with Crippen molar-refractivity contribution in [1.82, 2.24) is 5.32 Å². The molecular formula is C15H21NO3. The van der Waals surface area contributed by atoms with Crippen molar-refractivity contribution in [2.75, 3.05) is 13.2 Å². The zero-order chi connectivity index (χ0) is 13.7. The van der Waals surface area contributed by atoms with Gasteiger partial charge in [0, 0.05) is 12.6 Å². The first-order valence-electron chi connectivity index (χ1n) is 6.85. The second-order valence-corrected chi connectivity index (χ2v) is 5.18. The molecular weight excluding hydrogens is 242 g/mol. The normalized spacial score (nSPS) is 16.1. The van der Waals surface area contributed by atoms with Crippen LogP contribution in [-0.4, -0.2) is 30.3 Å². The van der Waals surface area contributed by atoms with Gasteiger partial charge in [0.25, 0.3) is 0 Å². The first kappa shape index (κ1) is 13.9. The SMILES string of the molecule is CC(CC1CC1)NCCOc1ccccc1C(=O)O. The number of aromatic carboxylic acids is 1. The van der Waals surface area contributed by atoms with Crippen LogP contribution in [-0.2, 0) is 0 Å². The zero-order valence-corrected chi connectivity index (χ0v) is 11.3.